The third-order valence-corrected chi connectivity index (χ3v) is 3.50. The maximum atomic E-state index is 11.4. The number of hydrogen-bond acceptors (Lipinski definition) is 5. The number of nitrogens with zero attached hydrogens (tertiary/aromatic N) is 2. The molecule has 0 radical (unpaired) electrons. The van der Waals surface area contributed by atoms with Gasteiger partial charge in [-0.25, -0.2) is 0 Å². The fraction of sp³-hybridized carbons (Fsp3) is 0.750. The highest BCUT2D eigenvalue weighted by atomic mass is 16.5. The number of rotatable bonds is 7. The van der Waals surface area contributed by atoms with E-state index in [1.807, 2.05) is 13.8 Å². The minimum absolute atomic E-state index is 0.249. The third kappa shape index (κ3) is 2.87. The maximum Gasteiger partial charge on any atom is 0.310 e. The van der Waals surface area contributed by atoms with E-state index in [4.69, 9.17) is 9.26 Å². The highest BCUT2D eigenvalue weighted by Gasteiger charge is 2.37. The number of methoxy groups -OCH3 is 1. The second-order valence-corrected chi connectivity index (χ2v) is 4.39. The lowest BCUT2D eigenvalue weighted by Crippen LogP contribution is -2.32. The van der Waals surface area contributed by atoms with Crippen LogP contribution in [0.15, 0.2) is 4.52 Å². The smallest absolute Gasteiger partial charge is 0.310 e. The molecule has 0 spiro atoms. The van der Waals surface area contributed by atoms with Gasteiger partial charge in [-0.05, 0) is 19.8 Å². The molecule has 1 unspecified atom stereocenters. The van der Waals surface area contributed by atoms with Crippen molar-refractivity contribution in [3.63, 3.8) is 0 Å². The molecule has 0 aliphatic rings. The number of carboxylic acid groups (broad SMARTS) is 1. The van der Waals surface area contributed by atoms with Gasteiger partial charge in [0.15, 0.2) is 5.82 Å². The summed E-state index contributed by atoms with van der Waals surface area (Å²) < 4.78 is 10.2. The molecule has 1 aromatic rings. The first-order chi connectivity index (χ1) is 8.49. The standard InChI is InChI=1S/C12H20N2O4/c1-5-12(6-2,11(15)16)7-9-13-10(14-18-9)8(3)17-4/h8H,5-7H2,1-4H3,(H,15,16). The molecule has 0 aliphatic carbocycles. The van der Waals surface area contributed by atoms with Crippen molar-refractivity contribution in [2.75, 3.05) is 7.11 Å². The van der Waals surface area contributed by atoms with Crippen molar-refractivity contribution in [2.45, 2.75) is 46.1 Å². The molecule has 18 heavy (non-hydrogen) atoms. The second-order valence-electron chi connectivity index (χ2n) is 4.39. The molecule has 1 heterocycles. The summed E-state index contributed by atoms with van der Waals surface area (Å²) in [4.78, 5) is 15.5. The van der Waals surface area contributed by atoms with E-state index in [9.17, 15) is 9.90 Å². The van der Waals surface area contributed by atoms with Gasteiger partial charge in [-0.1, -0.05) is 19.0 Å². The van der Waals surface area contributed by atoms with E-state index < -0.39 is 11.4 Å². The van der Waals surface area contributed by atoms with E-state index in [1.165, 1.54) is 0 Å². The highest BCUT2D eigenvalue weighted by Crippen LogP contribution is 2.31. The Kier molecular flexibility index (Phi) is 4.84. The zero-order valence-electron chi connectivity index (χ0n) is 11.3. The van der Waals surface area contributed by atoms with E-state index >= 15 is 0 Å². The zero-order valence-corrected chi connectivity index (χ0v) is 11.3. The minimum Gasteiger partial charge on any atom is -0.481 e. The van der Waals surface area contributed by atoms with Crippen molar-refractivity contribution in [1.29, 1.82) is 0 Å². The summed E-state index contributed by atoms with van der Waals surface area (Å²) in [6, 6.07) is 0. The topological polar surface area (TPSA) is 85.5 Å². The fourth-order valence-corrected chi connectivity index (χ4v) is 1.78. The quantitative estimate of drug-likeness (QED) is 0.805. The van der Waals surface area contributed by atoms with Crippen LogP contribution in [0.4, 0.5) is 0 Å². The Hall–Kier alpha value is -1.43. The highest BCUT2D eigenvalue weighted by molar-refractivity contribution is 5.74. The molecular weight excluding hydrogens is 236 g/mol. The molecule has 1 aromatic heterocycles. The minimum atomic E-state index is -0.833. The molecule has 0 amide bonds. The Balaban J connectivity index is 2.88. The number of ether oxygens (including phenoxy) is 1. The molecule has 102 valence electrons. The Morgan fingerprint density at radius 1 is 1.50 bits per heavy atom. The van der Waals surface area contributed by atoms with E-state index in [2.05, 4.69) is 10.1 Å². The average molecular weight is 256 g/mol. The first kappa shape index (κ1) is 14.6. The number of aliphatic carboxylic acids is 1. The van der Waals surface area contributed by atoms with Gasteiger partial charge in [0, 0.05) is 13.5 Å². The van der Waals surface area contributed by atoms with Gasteiger partial charge >= 0.3 is 5.97 Å². The fourth-order valence-electron chi connectivity index (χ4n) is 1.78. The van der Waals surface area contributed by atoms with E-state index in [0.717, 1.165) is 0 Å². The van der Waals surface area contributed by atoms with Crippen molar-refractivity contribution in [3.05, 3.63) is 11.7 Å². The van der Waals surface area contributed by atoms with Gasteiger partial charge in [-0.15, -0.1) is 0 Å². The van der Waals surface area contributed by atoms with Gasteiger partial charge in [-0.3, -0.25) is 4.79 Å². The summed E-state index contributed by atoms with van der Waals surface area (Å²) in [5, 5.41) is 13.1. The molecule has 6 nitrogen and oxygen atoms in total. The van der Waals surface area contributed by atoms with Crippen LogP contribution in [-0.2, 0) is 16.0 Å². The van der Waals surface area contributed by atoms with Gasteiger partial charge in [0.05, 0.1) is 5.41 Å². The lowest BCUT2D eigenvalue weighted by molar-refractivity contribution is -0.149. The maximum absolute atomic E-state index is 11.4. The Bertz CT molecular complexity index is 399. The van der Waals surface area contributed by atoms with Crippen LogP contribution in [0.3, 0.4) is 0 Å². The second kappa shape index (κ2) is 5.95. The Labute approximate surface area is 106 Å². The number of carboxylic acids is 1. The molecule has 0 saturated heterocycles. The molecule has 0 fully saturated rings. The monoisotopic (exact) mass is 256 g/mol. The largest absolute Gasteiger partial charge is 0.481 e. The zero-order chi connectivity index (χ0) is 13.8. The van der Waals surface area contributed by atoms with Crippen molar-refractivity contribution < 1.29 is 19.2 Å². The molecule has 0 aromatic carbocycles. The van der Waals surface area contributed by atoms with Gasteiger partial charge in [0.25, 0.3) is 0 Å². The van der Waals surface area contributed by atoms with Crippen molar-refractivity contribution in [3.8, 4) is 0 Å². The van der Waals surface area contributed by atoms with Crippen LogP contribution in [-0.4, -0.2) is 28.3 Å². The first-order valence-electron chi connectivity index (χ1n) is 6.07. The summed E-state index contributed by atoms with van der Waals surface area (Å²) in [6.45, 7) is 5.51. The van der Waals surface area contributed by atoms with Crippen molar-refractivity contribution in [1.82, 2.24) is 10.1 Å². The van der Waals surface area contributed by atoms with Crippen molar-refractivity contribution in [2.24, 2.45) is 5.41 Å². The van der Waals surface area contributed by atoms with Crippen LogP contribution in [0, 0.1) is 5.41 Å². The number of carbonyl (C=O) groups is 1. The Morgan fingerprint density at radius 2 is 2.11 bits per heavy atom. The van der Waals surface area contributed by atoms with Crippen LogP contribution in [0.2, 0.25) is 0 Å². The number of hydrogen-bond donors (Lipinski definition) is 1. The first-order valence-corrected chi connectivity index (χ1v) is 6.07. The lowest BCUT2D eigenvalue weighted by Gasteiger charge is -2.24. The molecule has 6 heteroatoms. The molecule has 0 aliphatic heterocycles. The molecular formula is C12H20N2O4. The van der Waals surface area contributed by atoms with Crippen LogP contribution < -0.4 is 0 Å². The number of aromatic nitrogens is 2. The van der Waals surface area contributed by atoms with Gasteiger partial charge in [0.2, 0.25) is 5.89 Å². The van der Waals surface area contributed by atoms with Gasteiger partial charge in [-0.2, -0.15) is 4.98 Å². The molecule has 0 saturated carbocycles. The predicted molar refractivity (Wildman–Crippen MR) is 64.1 cm³/mol. The summed E-state index contributed by atoms with van der Waals surface area (Å²) in [5.41, 5.74) is -0.833. The van der Waals surface area contributed by atoms with Gasteiger partial charge in [0.1, 0.15) is 6.10 Å². The molecule has 1 rings (SSSR count). The lowest BCUT2D eigenvalue weighted by atomic mass is 9.79. The summed E-state index contributed by atoms with van der Waals surface area (Å²) in [6.07, 6.45) is 1.04. The van der Waals surface area contributed by atoms with E-state index in [1.54, 1.807) is 14.0 Å². The molecule has 1 atom stereocenters. The summed E-state index contributed by atoms with van der Waals surface area (Å²) in [5.74, 6) is -0.0361. The van der Waals surface area contributed by atoms with Crippen LogP contribution in [0.25, 0.3) is 0 Å². The third-order valence-electron chi connectivity index (χ3n) is 3.50. The predicted octanol–water partition coefficient (Wildman–Crippen LogP) is 2.21. The normalized spacial score (nSPS) is 13.6. The van der Waals surface area contributed by atoms with Gasteiger partial charge < -0.3 is 14.4 Å². The van der Waals surface area contributed by atoms with Crippen LogP contribution in [0.5, 0.6) is 0 Å². The molecule has 1 N–H and O–H groups in total. The SMILES string of the molecule is CCC(CC)(Cc1nc(C(C)OC)no1)C(=O)O. The van der Waals surface area contributed by atoms with Crippen molar-refractivity contribution >= 4 is 5.97 Å². The summed E-state index contributed by atoms with van der Waals surface area (Å²) in [7, 11) is 1.56. The van der Waals surface area contributed by atoms with E-state index in [-0.39, 0.29) is 12.5 Å². The average Bonchev–Trinajstić information content (AvgIpc) is 2.83. The summed E-state index contributed by atoms with van der Waals surface area (Å²) >= 11 is 0. The van der Waals surface area contributed by atoms with Crippen LogP contribution >= 0.6 is 0 Å². The van der Waals surface area contributed by atoms with Crippen LogP contribution in [0.1, 0.15) is 51.4 Å². The Morgan fingerprint density at radius 3 is 2.56 bits per heavy atom. The molecule has 0 bridgehead atoms. The van der Waals surface area contributed by atoms with E-state index in [0.29, 0.717) is 24.6 Å².